The van der Waals surface area contributed by atoms with Gasteiger partial charge >= 0.3 is 5.69 Å². The number of hydrogen-bond donors (Lipinski definition) is 4. The number of thiocarbonyl (C=S) groups is 1. The summed E-state index contributed by atoms with van der Waals surface area (Å²) < 4.78 is 0. The highest BCUT2D eigenvalue weighted by atomic mass is 32.1. The minimum atomic E-state index is -0.218. The van der Waals surface area contributed by atoms with E-state index in [1.54, 1.807) is 6.08 Å². The summed E-state index contributed by atoms with van der Waals surface area (Å²) in [6, 6.07) is 5.47. The maximum atomic E-state index is 11.1. The van der Waals surface area contributed by atoms with Crippen LogP contribution in [-0.4, -0.2) is 21.6 Å². The Morgan fingerprint density at radius 2 is 2.18 bits per heavy atom. The molecule has 5 nitrogen and oxygen atoms in total. The van der Waals surface area contributed by atoms with Gasteiger partial charge in [-0.25, -0.2) is 4.79 Å². The molecule has 1 aromatic carbocycles. The second-order valence-electron chi connectivity index (χ2n) is 3.46. The van der Waals surface area contributed by atoms with Crippen molar-refractivity contribution in [2.75, 3.05) is 11.9 Å². The Balaban J connectivity index is 2.16. The SMILES string of the molecule is C=CCNC(=S)Nc1ccc2[nH]c(=O)[nH]c2c1. The van der Waals surface area contributed by atoms with E-state index < -0.39 is 0 Å². The van der Waals surface area contributed by atoms with Crippen LogP contribution in [0.5, 0.6) is 0 Å². The summed E-state index contributed by atoms with van der Waals surface area (Å²) in [6.07, 6.45) is 1.72. The highest BCUT2D eigenvalue weighted by Gasteiger charge is 2.00. The number of fused-ring (bicyclic) bond motifs is 1. The molecule has 0 aliphatic carbocycles. The fraction of sp³-hybridized carbons (Fsp3) is 0.0909. The van der Waals surface area contributed by atoms with Crippen molar-refractivity contribution in [1.29, 1.82) is 0 Å². The first-order chi connectivity index (χ1) is 8.19. The summed E-state index contributed by atoms with van der Waals surface area (Å²) in [7, 11) is 0. The minimum Gasteiger partial charge on any atom is -0.359 e. The molecule has 0 radical (unpaired) electrons. The van der Waals surface area contributed by atoms with Crippen LogP contribution in [0, 0.1) is 0 Å². The van der Waals surface area contributed by atoms with Gasteiger partial charge in [0.1, 0.15) is 0 Å². The second kappa shape index (κ2) is 4.84. The summed E-state index contributed by atoms with van der Waals surface area (Å²) in [4.78, 5) is 16.4. The third kappa shape index (κ3) is 2.73. The molecule has 88 valence electrons. The molecule has 1 aromatic heterocycles. The van der Waals surface area contributed by atoms with Gasteiger partial charge in [-0.15, -0.1) is 6.58 Å². The molecule has 2 aromatic rings. The predicted molar refractivity (Wildman–Crippen MR) is 73.3 cm³/mol. The van der Waals surface area contributed by atoms with Crippen LogP contribution in [0.4, 0.5) is 5.69 Å². The van der Waals surface area contributed by atoms with Gasteiger partial charge in [0, 0.05) is 12.2 Å². The van der Waals surface area contributed by atoms with E-state index in [1.165, 1.54) is 0 Å². The van der Waals surface area contributed by atoms with Crippen LogP contribution >= 0.6 is 12.2 Å². The normalized spacial score (nSPS) is 10.1. The van der Waals surface area contributed by atoms with Gasteiger partial charge in [0.05, 0.1) is 11.0 Å². The number of aromatic nitrogens is 2. The predicted octanol–water partition coefficient (Wildman–Crippen LogP) is 1.33. The number of nitrogens with one attached hydrogen (secondary N) is 4. The van der Waals surface area contributed by atoms with Crippen molar-refractivity contribution in [2.45, 2.75) is 0 Å². The van der Waals surface area contributed by atoms with Crippen molar-refractivity contribution in [3.05, 3.63) is 41.3 Å². The lowest BCUT2D eigenvalue weighted by Gasteiger charge is -2.08. The van der Waals surface area contributed by atoms with Crippen LogP contribution in [0.1, 0.15) is 0 Å². The van der Waals surface area contributed by atoms with E-state index in [1.807, 2.05) is 18.2 Å². The molecule has 0 aliphatic rings. The third-order valence-corrected chi connectivity index (χ3v) is 2.43. The van der Waals surface area contributed by atoms with Crippen molar-refractivity contribution < 1.29 is 0 Å². The van der Waals surface area contributed by atoms with Crippen LogP contribution < -0.4 is 16.3 Å². The van der Waals surface area contributed by atoms with E-state index in [9.17, 15) is 4.79 Å². The van der Waals surface area contributed by atoms with E-state index in [4.69, 9.17) is 12.2 Å². The lowest BCUT2D eigenvalue weighted by Crippen LogP contribution is -2.28. The summed E-state index contributed by atoms with van der Waals surface area (Å²) in [5.41, 5.74) is 2.11. The zero-order valence-corrected chi connectivity index (χ0v) is 9.86. The van der Waals surface area contributed by atoms with Crippen molar-refractivity contribution in [2.24, 2.45) is 0 Å². The van der Waals surface area contributed by atoms with Gasteiger partial charge in [-0.1, -0.05) is 6.08 Å². The fourth-order valence-corrected chi connectivity index (χ4v) is 1.65. The van der Waals surface area contributed by atoms with Crippen molar-refractivity contribution >= 4 is 34.1 Å². The van der Waals surface area contributed by atoms with E-state index in [2.05, 4.69) is 27.2 Å². The van der Waals surface area contributed by atoms with E-state index >= 15 is 0 Å². The average Bonchev–Trinajstić information content (AvgIpc) is 2.65. The molecule has 0 saturated heterocycles. The van der Waals surface area contributed by atoms with Gasteiger partial charge in [-0.2, -0.15) is 0 Å². The first-order valence-electron chi connectivity index (χ1n) is 5.07. The monoisotopic (exact) mass is 248 g/mol. The lowest BCUT2D eigenvalue weighted by atomic mass is 10.3. The molecule has 0 amide bonds. The van der Waals surface area contributed by atoms with Gasteiger partial charge in [0.2, 0.25) is 0 Å². The molecule has 0 fully saturated rings. The molecule has 2 rings (SSSR count). The molecule has 0 bridgehead atoms. The molecule has 17 heavy (non-hydrogen) atoms. The minimum absolute atomic E-state index is 0.218. The van der Waals surface area contributed by atoms with Crippen molar-refractivity contribution in [1.82, 2.24) is 15.3 Å². The van der Waals surface area contributed by atoms with Gasteiger partial charge < -0.3 is 20.6 Å². The Hall–Kier alpha value is -2.08. The summed E-state index contributed by atoms with van der Waals surface area (Å²) in [6.45, 7) is 4.20. The molecule has 1 heterocycles. The molecule has 0 atom stereocenters. The molecule has 0 unspecified atom stereocenters. The average molecular weight is 248 g/mol. The van der Waals surface area contributed by atoms with Gasteiger partial charge in [-0.05, 0) is 30.4 Å². The summed E-state index contributed by atoms with van der Waals surface area (Å²) in [5.74, 6) is 0. The molecule has 6 heteroatoms. The molecular formula is C11H12N4OS. The standard InChI is InChI=1S/C11H12N4OS/c1-2-5-12-11(17)13-7-3-4-8-9(6-7)15-10(16)14-8/h2-4,6H,1,5H2,(H2,12,13,17)(H2,14,15,16). The Kier molecular flexibility index (Phi) is 3.24. The van der Waals surface area contributed by atoms with Gasteiger partial charge in [0.25, 0.3) is 0 Å². The lowest BCUT2D eigenvalue weighted by molar-refractivity contribution is 1.06. The van der Waals surface area contributed by atoms with Gasteiger partial charge in [0.15, 0.2) is 5.11 Å². The number of anilines is 1. The molecule has 0 aliphatic heterocycles. The Labute approximate surface area is 103 Å². The van der Waals surface area contributed by atoms with Crippen LogP contribution in [0.3, 0.4) is 0 Å². The first kappa shape index (κ1) is 11.4. The summed E-state index contributed by atoms with van der Waals surface area (Å²) in [5, 5.41) is 6.49. The van der Waals surface area contributed by atoms with Crippen LogP contribution in [0.15, 0.2) is 35.6 Å². The van der Waals surface area contributed by atoms with Crippen LogP contribution in [0.2, 0.25) is 0 Å². The molecule has 0 saturated carbocycles. The Bertz CT molecular complexity index is 613. The highest BCUT2D eigenvalue weighted by Crippen LogP contribution is 2.14. The topological polar surface area (TPSA) is 72.7 Å². The highest BCUT2D eigenvalue weighted by molar-refractivity contribution is 7.80. The molecule has 0 spiro atoms. The quantitative estimate of drug-likeness (QED) is 0.488. The zero-order chi connectivity index (χ0) is 12.3. The fourth-order valence-electron chi connectivity index (χ4n) is 1.45. The van der Waals surface area contributed by atoms with Crippen molar-refractivity contribution in [3.8, 4) is 0 Å². The Morgan fingerprint density at radius 1 is 1.41 bits per heavy atom. The third-order valence-electron chi connectivity index (χ3n) is 2.18. The van der Waals surface area contributed by atoms with Gasteiger partial charge in [-0.3, -0.25) is 0 Å². The van der Waals surface area contributed by atoms with Crippen molar-refractivity contribution in [3.63, 3.8) is 0 Å². The summed E-state index contributed by atoms with van der Waals surface area (Å²) >= 11 is 5.08. The number of hydrogen-bond acceptors (Lipinski definition) is 2. The van der Waals surface area contributed by atoms with Crippen LogP contribution in [-0.2, 0) is 0 Å². The van der Waals surface area contributed by atoms with Crippen LogP contribution in [0.25, 0.3) is 11.0 Å². The van der Waals surface area contributed by atoms with E-state index in [0.29, 0.717) is 11.7 Å². The largest absolute Gasteiger partial charge is 0.359 e. The molecular weight excluding hydrogens is 236 g/mol. The molecule has 4 N–H and O–H groups in total. The second-order valence-corrected chi connectivity index (χ2v) is 3.87. The maximum absolute atomic E-state index is 11.1. The maximum Gasteiger partial charge on any atom is 0.323 e. The van der Waals surface area contributed by atoms with E-state index in [-0.39, 0.29) is 5.69 Å². The Morgan fingerprint density at radius 3 is 2.94 bits per heavy atom. The number of imidazole rings is 1. The number of benzene rings is 1. The smallest absolute Gasteiger partial charge is 0.323 e. The number of H-pyrrole nitrogens is 2. The number of rotatable bonds is 3. The van der Waals surface area contributed by atoms with E-state index in [0.717, 1.165) is 16.7 Å². The first-order valence-corrected chi connectivity index (χ1v) is 5.47. The zero-order valence-electron chi connectivity index (χ0n) is 9.04. The number of aromatic amines is 2.